The Bertz CT molecular complexity index is 118. The molecule has 1 aliphatic heterocycles. The van der Waals surface area contributed by atoms with E-state index < -0.39 is 0 Å². The van der Waals surface area contributed by atoms with Gasteiger partial charge in [-0.1, -0.05) is 0 Å². The lowest BCUT2D eigenvalue weighted by molar-refractivity contribution is 0.0165. The van der Waals surface area contributed by atoms with Gasteiger partial charge in [-0.15, -0.1) is 0 Å². The summed E-state index contributed by atoms with van der Waals surface area (Å²) in [5.41, 5.74) is 0. The Morgan fingerprint density at radius 1 is 1.80 bits per heavy atom. The molecular formula is C5H9O4P. The molecule has 0 aromatic heterocycles. The van der Waals surface area contributed by atoms with Gasteiger partial charge in [0.15, 0.2) is 0 Å². The molecule has 1 fully saturated rings. The van der Waals surface area contributed by atoms with Crippen molar-refractivity contribution in [1.82, 2.24) is 0 Å². The summed E-state index contributed by atoms with van der Waals surface area (Å²) in [6, 6.07) is 0. The zero-order chi connectivity index (χ0) is 7.40. The number of hydrogen-bond acceptors (Lipinski definition) is 4. The van der Waals surface area contributed by atoms with Crippen molar-refractivity contribution >= 4 is 8.69 Å². The quantitative estimate of drug-likeness (QED) is 0.612. The Hall–Kier alpha value is -0.0200. The Morgan fingerprint density at radius 3 is 3.20 bits per heavy atom. The topological polar surface area (TPSA) is 55.8 Å². The number of rotatable bonds is 3. The maximum absolute atomic E-state index is 9.96. The van der Waals surface area contributed by atoms with Crippen LogP contribution in [0.25, 0.3) is 0 Å². The van der Waals surface area contributed by atoms with Gasteiger partial charge in [-0.3, -0.25) is 4.52 Å². The van der Waals surface area contributed by atoms with Gasteiger partial charge in [0, 0.05) is 13.0 Å². The largest absolute Gasteiger partial charge is 0.394 e. The highest BCUT2D eigenvalue weighted by molar-refractivity contribution is 7.17. The van der Waals surface area contributed by atoms with E-state index in [0.717, 1.165) is 0 Å². The fourth-order valence-electron chi connectivity index (χ4n) is 0.975. The van der Waals surface area contributed by atoms with Crippen molar-refractivity contribution in [2.24, 2.45) is 0 Å². The average molecular weight is 164 g/mol. The van der Waals surface area contributed by atoms with Crippen LogP contribution in [-0.4, -0.2) is 30.5 Å². The third kappa shape index (κ3) is 1.73. The van der Waals surface area contributed by atoms with Crippen LogP contribution in [0.1, 0.15) is 6.42 Å². The van der Waals surface area contributed by atoms with Crippen molar-refractivity contribution in [3.8, 4) is 0 Å². The van der Waals surface area contributed by atoms with Gasteiger partial charge >= 0.3 is 8.69 Å². The number of aliphatic hydroxyl groups excluding tert-OH is 1. The summed E-state index contributed by atoms with van der Waals surface area (Å²) in [6.45, 7) is 0.506. The van der Waals surface area contributed by atoms with E-state index in [0.29, 0.717) is 13.0 Å². The monoisotopic (exact) mass is 164 g/mol. The van der Waals surface area contributed by atoms with E-state index in [-0.39, 0.29) is 27.5 Å². The van der Waals surface area contributed by atoms with E-state index >= 15 is 0 Å². The molecule has 10 heavy (non-hydrogen) atoms. The van der Waals surface area contributed by atoms with Gasteiger partial charge in [0.25, 0.3) is 0 Å². The van der Waals surface area contributed by atoms with Gasteiger partial charge in [-0.05, 0) is 0 Å². The molecule has 0 spiro atoms. The maximum atomic E-state index is 9.96. The Kier molecular flexibility index (Phi) is 3.22. The first-order valence-electron chi connectivity index (χ1n) is 3.09. The van der Waals surface area contributed by atoms with Gasteiger partial charge in [-0.25, -0.2) is 4.57 Å². The summed E-state index contributed by atoms with van der Waals surface area (Å²) in [5.74, 6) is 0. The number of hydrogen-bond donors (Lipinski definition) is 1. The molecule has 1 N–H and O–H groups in total. The minimum atomic E-state index is -0.342. The molecule has 0 bridgehead atoms. The van der Waals surface area contributed by atoms with Crippen molar-refractivity contribution in [3.05, 3.63) is 0 Å². The SMILES string of the molecule is O=POC1CCOC1CO. The second-order valence-corrected chi connectivity index (χ2v) is 2.46. The highest BCUT2D eigenvalue weighted by atomic mass is 31.1. The Morgan fingerprint density at radius 2 is 2.60 bits per heavy atom. The second kappa shape index (κ2) is 3.98. The molecule has 4 nitrogen and oxygen atoms in total. The summed E-state index contributed by atoms with van der Waals surface area (Å²) >= 11 is 0. The van der Waals surface area contributed by atoms with Crippen molar-refractivity contribution in [2.75, 3.05) is 13.2 Å². The lowest BCUT2D eigenvalue weighted by Gasteiger charge is -2.11. The zero-order valence-electron chi connectivity index (χ0n) is 5.40. The smallest absolute Gasteiger partial charge is 0.327 e. The summed E-state index contributed by atoms with van der Waals surface area (Å²) in [7, 11) is -0.342. The van der Waals surface area contributed by atoms with Crippen LogP contribution in [0.4, 0.5) is 0 Å². The Labute approximate surface area is 60.4 Å². The van der Waals surface area contributed by atoms with Crippen molar-refractivity contribution in [3.63, 3.8) is 0 Å². The van der Waals surface area contributed by atoms with E-state index in [4.69, 9.17) is 14.4 Å². The number of aliphatic hydroxyl groups is 1. The first-order valence-corrected chi connectivity index (χ1v) is 3.82. The second-order valence-electron chi connectivity index (χ2n) is 2.10. The third-order valence-corrected chi connectivity index (χ3v) is 1.86. The molecule has 0 aromatic carbocycles. The van der Waals surface area contributed by atoms with Crippen LogP contribution in [0.5, 0.6) is 0 Å². The van der Waals surface area contributed by atoms with Crippen molar-refractivity contribution in [1.29, 1.82) is 0 Å². The molecule has 5 heteroatoms. The molecule has 0 amide bonds. The van der Waals surface area contributed by atoms with Gasteiger partial charge in [0.05, 0.1) is 6.61 Å². The molecular weight excluding hydrogens is 155 g/mol. The number of ether oxygens (including phenoxy) is 1. The predicted octanol–water partition coefficient (Wildman–Crippen LogP) is 0.359. The first-order chi connectivity index (χ1) is 4.88. The summed E-state index contributed by atoms with van der Waals surface area (Å²) in [6.07, 6.45) is 0.214. The minimum Gasteiger partial charge on any atom is -0.394 e. The van der Waals surface area contributed by atoms with E-state index in [1.807, 2.05) is 0 Å². The van der Waals surface area contributed by atoms with Crippen LogP contribution in [-0.2, 0) is 13.8 Å². The van der Waals surface area contributed by atoms with Crippen LogP contribution >= 0.6 is 8.69 Å². The standard InChI is InChI=1S/C5H9O4P/c6-3-5-4(9-10-7)1-2-8-5/h4-6H,1-3H2. The lowest BCUT2D eigenvalue weighted by Crippen LogP contribution is -2.25. The zero-order valence-corrected chi connectivity index (χ0v) is 6.29. The molecule has 0 aromatic rings. The van der Waals surface area contributed by atoms with Crippen molar-refractivity contribution < 1.29 is 18.9 Å². The molecule has 58 valence electrons. The molecule has 1 saturated heterocycles. The molecule has 0 saturated carbocycles. The van der Waals surface area contributed by atoms with Gasteiger partial charge in [0.1, 0.15) is 12.2 Å². The van der Waals surface area contributed by atoms with Crippen LogP contribution < -0.4 is 0 Å². The summed E-state index contributed by atoms with van der Waals surface area (Å²) < 4.78 is 19.7. The van der Waals surface area contributed by atoms with Gasteiger partial charge in [0.2, 0.25) is 0 Å². The minimum absolute atomic E-state index is 0.0693. The molecule has 2 unspecified atom stereocenters. The summed E-state index contributed by atoms with van der Waals surface area (Å²) in [5, 5.41) is 8.65. The van der Waals surface area contributed by atoms with Gasteiger partial charge < -0.3 is 9.84 Å². The van der Waals surface area contributed by atoms with Crippen molar-refractivity contribution in [2.45, 2.75) is 18.6 Å². The van der Waals surface area contributed by atoms with Crippen LogP contribution in [0.2, 0.25) is 0 Å². The van der Waals surface area contributed by atoms with Crippen LogP contribution in [0.3, 0.4) is 0 Å². The molecule has 1 rings (SSSR count). The Balaban J connectivity index is 2.34. The first kappa shape index (κ1) is 8.08. The maximum Gasteiger partial charge on any atom is 0.327 e. The molecule has 2 atom stereocenters. The summed E-state index contributed by atoms with van der Waals surface area (Å²) in [4.78, 5) is 0. The average Bonchev–Trinajstić information content (AvgIpc) is 2.36. The lowest BCUT2D eigenvalue weighted by atomic mass is 10.2. The molecule has 0 radical (unpaired) electrons. The third-order valence-electron chi connectivity index (χ3n) is 1.51. The fraction of sp³-hybridized carbons (Fsp3) is 1.00. The van der Waals surface area contributed by atoms with Gasteiger partial charge in [-0.2, -0.15) is 0 Å². The van der Waals surface area contributed by atoms with E-state index in [9.17, 15) is 4.57 Å². The predicted molar refractivity (Wildman–Crippen MR) is 33.9 cm³/mol. The van der Waals surface area contributed by atoms with Crippen LogP contribution in [0.15, 0.2) is 0 Å². The fourth-order valence-corrected chi connectivity index (χ4v) is 1.33. The molecule has 0 aliphatic carbocycles. The normalized spacial score (nSPS) is 33.3. The highest BCUT2D eigenvalue weighted by Crippen LogP contribution is 2.19. The van der Waals surface area contributed by atoms with E-state index in [1.54, 1.807) is 0 Å². The molecule has 1 aliphatic rings. The molecule has 1 heterocycles. The van der Waals surface area contributed by atoms with E-state index in [2.05, 4.69) is 0 Å². The van der Waals surface area contributed by atoms with E-state index in [1.165, 1.54) is 0 Å². The van der Waals surface area contributed by atoms with Crippen LogP contribution in [0, 0.1) is 0 Å². The highest BCUT2D eigenvalue weighted by Gasteiger charge is 2.28.